The lowest BCUT2D eigenvalue weighted by Gasteiger charge is -2.24. The number of hydrogen-bond donors (Lipinski definition) is 0. The maximum atomic E-state index is 12.1. The quantitative estimate of drug-likeness (QED) is 0.723. The molecule has 0 bridgehead atoms. The zero-order chi connectivity index (χ0) is 15.1. The fourth-order valence-electron chi connectivity index (χ4n) is 1.85. The summed E-state index contributed by atoms with van der Waals surface area (Å²) in [5, 5.41) is 0. The number of ether oxygens (including phenoxy) is 2. The van der Waals surface area contributed by atoms with Crippen molar-refractivity contribution >= 4 is 5.97 Å². The minimum Gasteiger partial charge on any atom is -0.466 e. The van der Waals surface area contributed by atoms with E-state index in [9.17, 15) is 13.6 Å². The first-order chi connectivity index (χ1) is 9.43. The van der Waals surface area contributed by atoms with E-state index in [1.807, 2.05) is 19.0 Å². The van der Waals surface area contributed by atoms with Gasteiger partial charge in [-0.2, -0.15) is 8.78 Å². The molecule has 6 heteroatoms. The number of carbonyl (C=O) groups is 1. The van der Waals surface area contributed by atoms with Crippen LogP contribution in [0.15, 0.2) is 24.3 Å². The lowest BCUT2D eigenvalue weighted by molar-refractivity contribution is -0.144. The Labute approximate surface area is 117 Å². The summed E-state index contributed by atoms with van der Waals surface area (Å²) in [6, 6.07) is 6.09. The van der Waals surface area contributed by atoms with Crippen molar-refractivity contribution in [3.05, 3.63) is 29.8 Å². The molecule has 0 aliphatic rings. The molecule has 0 aromatic heterocycles. The zero-order valence-electron chi connectivity index (χ0n) is 11.8. The lowest BCUT2D eigenvalue weighted by atomic mass is 10.0. The molecule has 0 aliphatic carbocycles. The van der Waals surface area contributed by atoms with Crippen molar-refractivity contribution in [3.8, 4) is 5.75 Å². The van der Waals surface area contributed by atoms with Gasteiger partial charge in [0.15, 0.2) is 0 Å². The van der Waals surface area contributed by atoms with Crippen molar-refractivity contribution in [3.63, 3.8) is 0 Å². The van der Waals surface area contributed by atoms with E-state index in [-0.39, 0.29) is 24.2 Å². The first-order valence-electron chi connectivity index (χ1n) is 6.30. The van der Waals surface area contributed by atoms with Crippen molar-refractivity contribution in [2.75, 3.05) is 20.7 Å². The molecule has 1 rings (SSSR count). The Kier molecular flexibility index (Phi) is 6.38. The van der Waals surface area contributed by atoms with Crippen molar-refractivity contribution in [2.24, 2.45) is 0 Å². The topological polar surface area (TPSA) is 38.8 Å². The van der Waals surface area contributed by atoms with Gasteiger partial charge in [-0.15, -0.1) is 0 Å². The minimum atomic E-state index is -2.84. The SMILES string of the molecule is CCOC(=O)CC(c1ccc(OC(F)F)cc1)N(C)C. The smallest absolute Gasteiger partial charge is 0.387 e. The average Bonchev–Trinajstić information content (AvgIpc) is 2.36. The van der Waals surface area contributed by atoms with Gasteiger partial charge in [0.1, 0.15) is 5.75 Å². The summed E-state index contributed by atoms with van der Waals surface area (Å²) in [4.78, 5) is 13.4. The van der Waals surface area contributed by atoms with Gasteiger partial charge in [-0.05, 0) is 38.7 Å². The van der Waals surface area contributed by atoms with Crippen LogP contribution in [0, 0.1) is 0 Å². The monoisotopic (exact) mass is 287 g/mol. The standard InChI is InChI=1S/C14H19F2NO3/c1-4-19-13(18)9-12(17(2)3)10-5-7-11(8-6-10)20-14(15)16/h5-8,12,14H,4,9H2,1-3H3. The van der Waals surface area contributed by atoms with Gasteiger partial charge < -0.3 is 14.4 Å². The summed E-state index contributed by atoms with van der Waals surface area (Å²) < 4.78 is 33.4. The summed E-state index contributed by atoms with van der Waals surface area (Å²) in [6.07, 6.45) is 0.204. The number of esters is 1. The molecule has 0 saturated heterocycles. The van der Waals surface area contributed by atoms with Crippen LogP contribution < -0.4 is 4.74 Å². The third-order valence-electron chi connectivity index (χ3n) is 2.78. The van der Waals surface area contributed by atoms with E-state index in [0.29, 0.717) is 6.61 Å². The summed E-state index contributed by atoms with van der Waals surface area (Å²) >= 11 is 0. The van der Waals surface area contributed by atoms with E-state index < -0.39 is 6.61 Å². The molecule has 1 aromatic rings. The van der Waals surface area contributed by atoms with Gasteiger partial charge >= 0.3 is 12.6 Å². The van der Waals surface area contributed by atoms with Crippen LogP contribution >= 0.6 is 0 Å². The molecule has 0 N–H and O–H groups in total. The molecule has 4 nitrogen and oxygen atoms in total. The highest BCUT2D eigenvalue weighted by molar-refractivity contribution is 5.70. The van der Waals surface area contributed by atoms with Crippen LogP contribution in [0.3, 0.4) is 0 Å². The van der Waals surface area contributed by atoms with Gasteiger partial charge in [0.2, 0.25) is 0 Å². The van der Waals surface area contributed by atoms with Gasteiger partial charge in [0.05, 0.1) is 13.0 Å². The van der Waals surface area contributed by atoms with Gasteiger partial charge in [0.25, 0.3) is 0 Å². The average molecular weight is 287 g/mol. The Morgan fingerprint density at radius 3 is 2.30 bits per heavy atom. The van der Waals surface area contributed by atoms with E-state index in [1.165, 1.54) is 12.1 Å². The van der Waals surface area contributed by atoms with Crippen LogP contribution in [0.25, 0.3) is 0 Å². The highest BCUT2D eigenvalue weighted by Crippen LogP contribution is 2.25. The largest absolute Gasteiger partial charge is 0.466 e. The fraction of sp³-hybridized carbons (Fsp3) is 0.500. The van der Waals surface area contributed by atoms with Gasteiger partial charge in [-0.3, -0.25) is 4.79 Å². The van der Waals surface area contributed by atoms with Crippen molar-refractivity contribution in [2.45, 2.75) is 26.0 Å². The summed E-state index contributed by atoms with van der Waals surface area (Å²) in [7, 11) is 3.68. The molecule has 1 aromatic carbocycles. The number of benzene rings is 1. The molecule has 0 radical (unpaired) electrons. The molecule has 1 atom stereocenters. The molecule has 0 heterocycles. The van der Waals surface area contributed by atoms with Crippen LogP contribution in [-0.4, -0.2) is 38.2 Å². The molecule has 0 aliphatic heterocycles. The fourth-order valence-corrected chi connectivity index (χ4v) is 1.85. The van der Waals surface area contributed by atoms with Crippen molar-refractivity contribution in [1.29, 1.82) is 0 Å². The molecular formula is C14H19F2NO3. The third kappa shape index (κ3) is 5.13. The highest BCUT2D eigenvalue weighted by Gasteiger charge is 2.19. The van der Waals surface area contributed by atoms with E-state index in [0.717, 1.165) is 5.56 Å². The third-order valence-corrected chi connectivity index (χ3v) is 2.78. The number of rotatable bonds is 7. The van der Waals surface area contributed by atoms with Gasteiger partial charge in [-0.25, -0.2) is 0 Å². The number of nitrogens with zero attached hydrogens (tertiary/aromatic N) is 1. The normalized spacial score (nSPS) is 12.6. The Balaban J connectivity index is 2.79. The minimum absolute atomic E-state index is 0.0948. The van der Waals surface area contributed by atoms with Crippen LogP contribution in [0.4, 0.5) is 8.78 Å². The van der Waals surface area contributed by atoms with Crippen LogP contribution in [0.2, 0.25) is 0 Å². The molecule has 1 unspecified atom stereocenters. The Morgan fingerprint density at radius 2 is 1.85 bits per heavy atom. The van der Waals surface area contributed by atoms with Crippen LogP contribution in [0.5, 0.6) is 5.75 Å². The van der Waals surface area contributed by atoms with Gasteiger partial charge in [-0.1, -0.05) is 12.1 Å². The molecule has 0 amide bonds. The van der Waals surface area contributed by atoms with Crippen molar-refractivity contribution in [1.82, 2.24) is 4.90 Å². The predicted molar refractivity (Wildman–Crippen MR) is 70.8 cm³/mol. The maximum absolute atomic E-state index is 12.1. The summed E-state index contributed by atoms with van der Waals surface area (Å²) in [6.45, 7) is -0.760. The lowest BCUT2D eigenvalue weighted by Crippen LogP contribution is -2.23. The van der Waals surface area contributed by atoms with E-state index in [4.69, 9.17) is 4.74 Å². The number of alkyl halides is 2. The van der Waals surface area contributed by atoms with Crippen LogP contribution in [0.1, 0.15) is 24.9 Å². The first-order valence-corrected chi connectivity index (χ1v) is 6.30. The Bertz CT molecular complexity index is 421. The molecule has 0 fully saturated rings. The number of hydrogen-bond acceptors (Lipinski definition) is 4. The predicted octanol–water partition coefficient (Wildman–Crippen LogP) is 2.84. The van der Waals surface area contributed by atoms with Crippen molar-refractivity contribution < 1.29 is 23.0 Å². The van der Waals surface area contributed by atoms with Gasteiger partial charge in [0, 0.05) is 6.04 Å². The highest BCUT2D eigenvalue weighted by atomic mass is 19.3. The second kappa shape index (κ2) is 7.79. The van der Waals surface area contributed by atoms with Crippen LogP contribution in [-0.2, 0) is 9.53 Å². The molecule has 20 heavy (non-hydrogen) atoms. The molecule has 112 valence electrons. The molecule has 0 spiro atoms. The molecule has 0 saturated carbocycles. The van der Waals surface area contributed by atoms with E-state index >= 15 is 0 Å². The van der Waals surface area contributed by atoms with E-state index in [1.54, 1.807) is 19.1 Å². The number of carbonyl (C=O) groups excluding carboxylic acids is 1. The second-order valence-corrected chi connectivity index (χ2v) is 4.44. The Hall–Kier alpha value is -1.69. The summed E-state index contributed by atoms with van der Waals surface area (Å²) in [5.41, 5.74) is 0.838. The second-order valence-electron chi connectivity index (χ2n) is 4.44. The number of halogens is 2. The zero-order valence-corrected chi connectivity index (χ0v) is 11.8. The van der Waals surface area contributed by atoms with E-state index in [2.05, 4.69) is 4.74 Å². The Morgan fingerprint density at radius 1 is 1.25 bits per heavy atom. The summed E-state index contributed by atoms with van der Waals surface area (Å²) in [5.74, 6) is -0.198. The maximum Gasteiger partial charge on any atom is 0.387 e. The molecular weight excluding hydrogens is 268 g/mol. The first kappa shape index (κ1) is 16.4.